The molecule has 0 radical (unpaired) electrons. The second-order valence-corrected chi connectivity index (χ2v) is 9.03. The third kappa shape index (κ3) is 6.59. The van der Waals surface area contributed by atoms with Crippen molar-refractivity contribution >= 4 is 29.1 Å². The van der Waals surface area contributed by atoms with E-state index in [1.807, 2.05) is 42.5 Å². The number of likely N-dealkylation sites (tertiary alicyclic amines) is 1. The first kappa shape index (κ1) is 24.3. The van der Waals surface area contributed by atoms with Crippen LogP contribution in [0.1, 0.15) is 12.0 Å². The Kier molecular flexibility index (Phi) is 8.21. The summed E-state index contributed by atoms with van der Waals surface area (Å²) in [5.74, 6) is 0.991. The number of carbonyl (C=O) groups excluding carboxylic acids is 1. The lowest BCUT2D eigenvalue weighted by Crippen LogP contribution is -2.34. The van der Waals surface area contributed by atoms with Crippen LogP contribution in [0.5, 0.6) is 11.8 Å². The van der Waals surface area contributed by atoms with Gasteiger partial charge in [0.2, 0.25) is 0 Å². The number of amides is 1. The van der Waals surface area contributed by atoms with E-state index in [1.165, 1.54) is 0 Å². The summed E-state index contributed by atoms with van der Waals surface area (Å²) in [6.45, 7) is 3.19. The van der Waals surface area contributed by atoms with Crippen LogP contribution in [-0.4, -0.2) is 54.1 Å². The second-order valence-electron chi connectivity index (χ2n) is 8.21. The van der Waals surface area contributed by atoms with Crippen molar-refractivity contribution in [2.75, 3.05) is 33.4 Å². The average Bonchev–Trinajstić information content (AvgIpc) is 3.31. The molecule has 0 aliphatic carbocycles. The molecule has 3 aromatic rings. The lowest BCUT2D eigenvalue weighted by Gasteiger charge is -2.17. The van der Waals surface area contributed by atoms with Crippen molar-refractivity contribution in [1.82, 2.24) is 20.2 Å². The number of methoxy groups -OCH3 is 1. The molecule has 34 heavy (non-hydrogen) atoms. The van der Waals surface area contributed by atoms with Gasteiger partial charge in [-0.15, -0.1) is 0 Å². The van der Waals surface area contributed by atoms with Crippen LogP contribution in [0.2, 0.25) is 10.0 Å². The lowest BCUT2D eigenvalue weighted by atomic mass is 10.1. The molecule has 9 heteroatoms. The Balaban J connectivity index is 1.17. The molecular weight excluding hydrogens is 475 g/mol. The van der Waals surface area contributed by atoms with Crippen molar-refractivity contribution in [2.45, 2.75) is 13.0 Å². The Morgan fingerprint density at radius 1 is 1.09 bits per heavy atom. The highest BCUT2D eigenvalue weighted by Gasteiger charge is 2.23. The largest absolute Gasteiger partial charge is 0.497 e. The van der Waals surface area contributed by atoms with Crippen LogP contribution < -0.4 is 14.8 Å². The first-order valence-corrected chi connectivity index (χ1v) is 11.8. The molecule has 1 aliphatic rings. The van der Waals surface area contributed by atoms with Gasteiger partial charge in [-0.05, 0) is 54.3 Å². The van der Waals surface area contributed by atoms with Gasteiger partial charge in [0.25, 0.3) is 5.91 Å². The summed E-state index contributed by atoms with van der Waals surface area (Å²) in [7, 11) is 1.63. The summed E-state index contributed by atoms with van der Waals surface area (Å²) in [6.07, 6.45) is 4.37. The van der Waals surface area contributed by atoms with E-state index in [9.17, 15) is 4.79 Å². The maximum Gasteiger partial charge on any atom is 0.316 e. The minimum Gasteiger partial charge on any atom is -0.497 e. The Hall–Kier alpha value is -2.87. The summed E-state index contributed by atoms with van der Waals surface area (Å²) < 4.78 is 10.6. The fourth-order valence-electron chi connectivity index (χ4n) is 3.88. The van der Waals surface area contributed by atoms with E-state index in [-0.39, 0.29) is 18.5 Å². The fourth-order valence-corrected chi connectivity index (χ4v) is 4.20. The molecule has 1 unspecified atom stereocenters. The molecule has 0 spiro atoms. The van der Waals surface area contributed by atoms with Gasteiger partial charge < -0.3 is 14.8 Å². The number of nitrogens with one attached hydrogen (secondary N) is 1. The van der Waals surface area contributed by atoms with E-state index in [4.69, 9.17) is 32.7 Å². The van der Waals surface area contributed by atoms with Gasteiger partial charge in [-0.2, -0.15) is 0 Å². The van der Waals surface area contributed by atoms with Crippen LogP contribution in [-0.2, 0) is 11.3 Å². The van der Waals surface area contributed by atoms with Crippen molar-refractivity contribution < 1.29 is 14.3 Å². The Bertz CT molecular complexity index is 1110. The standard InChI is InChI=1S/C25H26Cl2N4O3/c1-33-21-5-3-19(4-6-21)20-12-29-25(30-13-20)34-16-24(32)28-11-18-8-9-31(15-18)14-17-2-7-22(26)23(27)10-17/h2-7,10,12-13,18H,8-9,11,14-16H2,1H3,(H,28,32). The predicted molar refractivity (Wildman–Crippen MR) is 132 cm³/mol. The molecule has 7 nitrogen and oxygen atoms in total. The van der Waals surface area contributed by atoms with Gasteiger partial charge in [0.05, 0.1) is 17.2 Å². The number of ether oxygens (including phenoxy) is 2. The van der Waals surface area contributed by atoms with Gasteiger partial charge in [-0.1, -0.05) is 41.4 Å². The van der Waals surface area contributed by atoms with E-state index in [0.717, 1.165) is 48.5 Å². The highest BCUT2D eigenvalue weighted by atomic mass is 35.5. The molecule has 0 saturated carbocycles. The Labute approximate surface area is 209 Å². The molecular formula is C25H26Cl2N4O3. The van der Waals surface area contributed by atoms with E-state index >= 15 is 0 Å². The average molecular weight is 501 g/mol. The Morgan fingerprint density at radius 2 is 1.85 bits per heavy atom. The number of carbonyl (C=O) groups is 1. The first-order valence-electron chi connectivity index (χ1n) is 11.0. The van der Waals surface area contributed by atoms with E-state index in [0.29, 0.717) is 22.5 Å². The molecule has 1 fully saturated rings. The summed E-state index contributed by atoms with van der Waals surface area (Å²) in [5, 5.41) is 4.08. The molecule has 1 aliphatic heterocycles. The molecule has 0 bridgehead atoms. The van der Waals surface area contributed by atoms with Crippen molar-refractivity contribution in [3.05, 3.63) is 70.5 Å². The zero-order valence-corrected chi connectivity index (χ0v) is 20.4. The quantitative estimate of drug-likeness (QED) is 0.466. The maximum atomic E-state index is 12.2. The zero-order chi connectivity index (χ0) is 23.9. The first-order chi connectivity index (χ1) is 16.5. The minimum absolute atomic E-state index is 0.123. The van der Waals surface area contributed by atoms with Crippen molar-refractivity contribution in [3.63, 3.8) is 0 Å². The molecule has 2 heterocycles. The normalized spacial score (nSPS) is 15.8. The Morgan fingerprint density at radius 3 is 2.56 bits per heavy atom. The van der Waals surface area contributed by atoms with Gasteiger partial charge in [0, 0.05) is 37.6 Å². The molecule has 2 aromatic carbocycles. The second kappa shape index (κ2) is 11.5. The van der Waals surface area contributed by atoms with Crippen molar-refractivity contribution in [3.8, 4) is 22.9 Å². The highest BCUT2D eigenvalue weighted by Crippen LogP contribution is 2.25. The molecule has 1 atom stereocenters. The van der Waals surface area contributed by atoms with E-state index < -0.39 is 0 Å². The molecule has 4 rings (SSSR count). The van der Waals surface area contributed by atoms with Crippen LogP contribution in [0.3, 0.4) is 0 Å². The minimum atomic E-state index is -0.189. The van der Waals surface area contributed by atoms with Gasteiger partial charge in [-0.3, -0.25) is 9.69 Å². The van der Waals surface area contributed by atoms with Crippen LogP contribution in [0.25, 0.3) is 11.1 Å². The van der Waals surface area contributed by atoms with Gasteiger partial charge in [-0.25, -0.2) is 9.97 Å². The summed E-state index contributed by atoms with van der Waals surface area (Å²) >= 11 is 12.1. The third-order valence-electron chi connectivity index (χ3n) is 5.73. The lowest BCUT2D eigenvalue weighted by molar-refractivity contribution is -0.123. The van der Waals surface area contributed by atoms with Crippen LogP contribution in [0.15, 0.2) is 54.9 Å². The smallest absolute Gasteiger partial charge is 0.316 e. The van der Waals surface area contributed by atoms with Crippen molar-refractivity contribution in [2.24, 2.45) is 5.92 Å². The SMILES string of the molecule is COc1ccc(-c2cnc(OCC(=O)NCC3CCN(Cc4ccc(Cl)c(Cl)c4)C3)nc2)cc1. The monoisotopic (exact) mass is 500 g/mol. The number of halogens is 2. The fraction of sp³-hybridized carbons (Fsp3) is 0.320. The van der Waals surface area contributed by atoms with E-state index in [1.54, 1.807) is 19.5 Å². The number of benzene rings is 2. The summed E-state index contributed by atoms with van der Waals surface area (Å²) in [6, 6.07) is 13.5. The topological polar surface area (TPSA) is 76.6 Å². The van der Waals surface area contributed by atoms with Crippen LogP contribution >= 0.6 is 23.2 Å². The number of hydrogen-bond donors (Lipinski definition) is 1. The van der Waals surface area contributed by atoms with Crippen LogP contribution in [0, 0.1) is 5.92 Å². The summed E-state index contributed by atoms with van der Waals surface area (Å²) in [5.41, 5.74) is 2.95. The summed E-state index contributed by atoms with van der Waals surface area (Å²) in [4.78, 5) is 23.0. The van der Waals surface area contributed by atoms with Gasteiger partial charge in [0.1, 0.15) is 5.75 Å². The zero-order valence-electron chi connectivity index (χ0n) is 18.8. The number of nitrogens with zero attached hydrogens (tertiary/aromatic N) is 3. The van der Waals surface area contributed by atoms with Gasteiger partial charge in [0.15, 0.2) is 6.61 Å². The molecule has 1 N–H and O–H groups in total. The third-order valence-corrected chi connectivity index (χ3v) is 6.47. The van der Waals surface area contributed by atoms with Crippen molar-refractivity contribution in [1.29, 1.82) is 0 Å². The predicted octanol–water partition coefficient (Wildman–Crippen LogP) is 4.48. The molecule has 1 saturated heterocycles. The number of hydrogen-bond acceptors (Lipinski definition) is 6. The highest BCUT2D eigenvalue weighted by molar-refractivity contribution is 6.42. The van der Waals surface area contributed by atoms with E-state index in [2.05, 4.69) is 20.2 Å². The molecule has 1 amide bonds. The molecule has 1 aromatic heterocycles. The maximum absolute atomic E-state index is 12.2. The number of aromatic nitrogens is 2. The number of rotatable bonds is 9. The van der Waals surface area contributed by atoms with Gasteiger partial charge >= 0.3 is 6.01 Å². The molecule has 178 valence electrons. The van der Waals surface area contributed by atoms with Crippen LogP contribution in [0.4, 0.5) is 0 Å².